The molecule has 0 spiro atoms. The second-order valence-electron chi connectivity index (χ2n) is 30.7. The lowest BCUT2D eigenvalue weighted by Gasteiger charge is -2.20. The molecule has 20 rings (SSSR count). The van der Waals surface area contributed by atoms with Crippen LogP contribution < -0.4 is 67.4 Å². The Balaban J connectivity index is 0.000000127. The Bertz CT molecular complexity index is 8650. The maximum atomic E-state index is 15.1. The summed E-state index contributed by atoms with van der Waals surface area (Å²) in [6.45, 7) is 0.639. The van der Waals surface area contributed by atoms with Gasteiger partial charge >= 0.3 is 22.8 Å². The summed E-state index contributed by atoms with van der Waals surface area (Å²) in [7, 11) is 12.5. The molecule has 11 heterocycles. The predicted molar refractivity (Wildman–Crippen MR) is 505 cm³/mol. The fraction of sp³-hybridized carbons (Fsp3) is 0.131. The van der Waals surface area contributed by atoms with E-state index >= 15 is 8.78 Å². The summed E-state index contributed by atoms with van der Waals surface area (Å²) in [5, 5.41) is 40.6. The van der Waals surface area contributed by atoms with Crippen LogP contribution >= 0.6 is 22.7 Å². The number of rotatable bonds is 20. The van der Waals surface area contributed by atoms with Gasteiger partial charge in [-0.1, -0.05) is 24.3 Å². The maximum Gasteiger partial charge on any atom is 0.333 e. The number of aryl methyl sites for hydroxylation is 4. The fourth-order valence-electron chi connectivity index (χ4n) is 16.1. The third kappa shape index (κ3) is 16.9. The molecule has 0 aliphatic heterocycles. The lowest BCUT2D eigenvalue weighted by molar-refractivity contribution is 0.205. The van der Waals surface area contributed by atoms with Crippen molar-refractivity contribution in [1.82, 2.24) is 66.4 Å². The number of ether oxygens (including phenoxy) is 7. The second-order valence-corrected chi connectivity index (χ2v) is 32.6. The topological polar surface area (TPSA) is 397 Å². The molecule has 4 N–H and O–H groups in total. The molecule has 38 heteroatoms. The summed E-state index contributed by atoms with van der Waals surface area (Å²) >= 11 is 3.00. The minimum absolute atomic E-state index is 0.00784. The van der Waals surface area contributed by atoms with E-state index in [0.717, 1.165) is 45.1 Å². The first-order valence-corrected chi connectivity index (χ1v) is 43.2. The first-order chi connectivity index (χ1) is 66.4. The van der Waals surface area contributed by atoms with Crippen LogP contribution in [0.5, 0.6) is 40.2 Å². The minimum atomic E-state index is -0.719. The minimum Gasteiger partial charge on any atom is -0.496 e. The van der Waals surface area contributed by atoms with Gasteiger partial charge in [0, 0.05) is 122 Å². The number of nitrogens with zero attached hydrogens (tertiary/aromatic N) is 18. The smallest absolute Gasteiger partial charge is 0.333 e. The van der Waals surface area contributed by atoms with Crippen LogP contribution in [0.15, 0.2) is 243 Å². The van der Waals surface area contributed by atoms with E-state index < -0.39 is 58.2 Å². The molecule has 682 valence electrons. The number of hydrogen-bond acceptors (Lipinski definition) is 25. The zero-order chi connectivity index (χ0) is 96.5. The Hall–Kier alpha value is -17.7. The summed E-state index contributed by atoms with van der Waals surface area (Å²) in [4.78, 5) is 80.8. The number of nitrogens with two attached hydrogens (primary N) is 2. The standard InChI is InChI=1S/C27H21F2N5O3.C25H20FN5O3S.C24H16FN5O2.C23H16FN5O3S/c1-33-22-14-32-20-11-23(36-2)24(37-25(13-31)16-4-6-17(28)7-5-16)10-18(20)26(22)34(27(33)35)21-8-3-15(12-30)9-19(21)29;1-30-19-13-29-17-10-20(33-2)21(34-22(12-28)23-4-3-7-35-23)9-15(17)24(19)31(25(30)32)18-6-5-14(11-27)8-16(18)26;1-29-21-13-28-19-10-22(32-2)16(15-4-3-7-27-12-15)9-17(19)23(21)30(24(29)31)20-6-5-14(11-26)8-18(20)25;1-28-19-10-27-17-7-20(31-2)21(32-11-14-9-26-12-33-14)6-15(17)22(19)29(23(28)30)18-4-3-13(8-25)5-16(18)24/h3-11,14,25H,13,31H2,1-2H3;3-10,13,22H,12,28H2,1-2H3;3-10,12-13H,1-2H3;3-7,9-10,12H,11H2,1-2H3. The van der Waals surface area contributed by atoms with E-state index in [-0.39, 0.29) is 63.9 Å². The van der Waals surface area contributed by atoms with E-state index in [1.165, 1.54) is 147 Å². The zero-order valence-electron chi connectivity index (χ0n) is 73.5. The van der Waals surface area contributed by atoms with Gasteiger partial charge < -0.3 is 44.6 Å². The van der Waals surface area contributed by atoms with Crippen molar-refractivity contribution in [2.75, 3.05) is 41.5 Å². The van der Waals surface area contributed by atoms with Gasteiger partial charge in [-0.25, -0.2) is 41.1 Å². The number of pyridine rings is 5. The number of benzene rings is 9. The van der Waals surface area contributed by atoms with Crippen LogP contribution in [-0.2, 0) is 34.8 Å². The molecule has 20 aromatic rings. The molecule has 0 saturated carbocycles. The number of fused-ring (bicyclic) bond motifs is 12. The molecule has 0 amide bonds. The van der Waals surface area contributed by atoms with E-state index in [9.17, 15) is 32.3 Å². The van der Waals surface area contributed by atoms with Crippen molar-refractivity contribution in [3.63, 3.8) is 0 Å². The summed E-state index contributed by atoms with van der Waals surface area (Å²) in [6.07, 6.45) is 10.3. The van der Waals surface area contributed by atoms with Crippen LogP contribution in [0.25, 0.3) is 122 Å². The van der Waals surface area contributed by atoms with Gasteiger partial charge in [-0.15, -0.1) is 22.7 Å². The molecule has 0 aliphatic carbocycles. The SMILES string of the molecule is COc1cc2ncc3c(c2cc1-c1cccnc1)n(-c1ccc(C#N)cc1F)c(=O)n3C.COc1cc2ncc3c(c2cc1OC(CN)c1ccc(F)cc1)n(-c1ccc(C#N)cc1F)c(=O)n3C.COc1cc2ncc3c(c2cc1OC(CN)c1cccs1)n(-c1ccc(C#N)cc1F)c(=O)n3C.COc1cc2ncc3c(c2cc1OCc1cncs1)n(-c1ccc(C#N)cc1F)c(=O)n3C. The number of thiazole rings is 1. The van der Waals surface area contributed by atoms with Crippen molar-refractivity contribution in [2.45, 2.75) is 18.8 Å². The van der Waals surface area contributed by atoms with Crippen molar-refractivity contribution < 1.29 is 55.1 Å². The van der Waals surface area contributed by atoms with Gasteiger partial charge in [0.25, 0.3) is 0 Å². The van der Waals surface area contributed by atoms with Gasteiger partial charge in [0.15, 0.2) is 34.5 Å². The highest BCUT2D eigenvalue weighted by atomic mass is 32.1. The van der Waals surface area contributed by atoms with Crippen LogP contribution in [0.2, 0.25) is 0 Å². The highest BCUT2D eigenvalue weighted by Gasteiger charge is 2.29. The van der Waals surface area contributed by atoms with Gasteiger partial charge in [0.05, 0.1) is 199 Å². The molecule has 0 radical (unpaired) electrons. The summed E-state index contributed by atoms with van der Waals surface area (Å²) in [5.41, 5.74) is 21.0. The van der Waals surface area contributed by atoms with E-state index in [1.807, 2.05) is 60.0 Å². The van der Waals surface area contributed by atoms with Crippen LogP contribution in [-0.4, -0.2) is 108 Å². The Morgan fingerprint density at radius 2 is 0.766 bits per heavy atom. The molecule has 9 aromatic carbocycles. The van der Waals surface area contributed by atoms with Crippen molar-refractivity contribution >= 4 is 110 Å². The molecule has 2 unspecified atom stereocenters. The number of nitriles is 4. The summed E-state index contributed by atoms with van der Waals surface area (Å²) in [6, 6.07) is 50.8. The van der Waals surface area contributed by atoms with E-state index in [1.54, 1.807) is 133 Å². The molecular formula is C99H73F5N20O11S2. The highest BCUT2D eigenvalue weighted by molar-refractivity contribution is 7.10. The highest BCUT2D eigenvalue weighted by Crippen LogP contribution is 2.44. The molecule has 11 aromatic heterocycles. The Morgan fingerprint density at radius 1 is 0.394 bits per heavy atom. The lowest BCUT2D eigenvalue weighted by atomic mass is 10.0. The third-order valence-corrected chi connectivity index (χ3v) is 24.6. The zero-order valence-corrected chi connectivity index (χ0v) is 75.2. The van der Waals surface area contributed by atoms with Crippen molar-refractivity contribution in [2.24, 2.45) is 39.7 Å². The quantitative estimate of drug-likeness (QED) is 0.0669. The van der Waals surface area contributed by atoms with Gasteiger partial charge in [-0.2, -0.15) is 21.0 Å². The molecule has 0 bridgehead atoms. The van der Waals surface area contributed by atoms with Crippen LogP contribution in [0.3, 0.4) is 0 Å². The first-order valence-electron chi connectivity index (χ1n) is 41.4. The summed E-state index contributed by atoms with van der Waals surface area (Å²) in [5.74, 6) is -0.0354. The molecule has 31 nitrogen and oxygen atoms in total. The molecule has 0 aliphatic rings. The molecular weight excluding hydrogens is 1800 g/mol. The molecule has 2 atom stereocenters. The largest absolute Gasteiger partial charge is 0.496 e. The number of aromatic nitrogens is 14. The van der Waals surface area contributed by atoms with Crippen molar-refractivity contribution in [1.29, 1.82) is 21.0 Å². The van der Waals surface area contributed by atoms with E-state index in [0.29, 0.717) is 140 Å². The van der Waals surface area contributed by atoms with Gasteiger partial charge in [-0.05, 0) is 132 Å². The van der Waals surface area contributed by atoms with Crippen LogP contribution in [0.1, 0.15) is 49.8 Å². The third-order valence-electron chi connectivity index (χ3n) is 22.9. The lowest BCUT2D eigenvalue weighted by Crippen LogP contribution is -2.21. The number of methoxy groups -OCH3 is 4. The monoisotopic (exact) mass is 1880 g/mol. The number of imidazole rings is 4. The number of halogens is 5. The van der Waals surface area contributed by atoms with Gasteiger partial charge in [0.2, 0.25) is 0 Å². The normalized spacial score (nSPS) is 11.6. The number of thiophene rings is 1. The van der Waals surface area contributed by atoms with Crippen molar-refractivity contribution in [3.05, 3.63) is 333 Å². The van der Waals surface area contributed by atoms with E-state index in [4.69, 9.17) is 65.7 Å². The van der Waals surface area contributed by atoms with Crippen molar-refractivity contribution in [3.8, 4) is 98.4 Å². The molecule has 0 fully saturated rings. The first kappa shape index (κ1) is 91.2. The Kier molecular flexibility index (Phi) is 25.5. The summed E-state index contributed by atoms with van der Waals surface area (Å²) < 4.78 is 125. The fourth-order valence-corrected chi connectivity index (χ4v) is 17.3. The van der Waals surface area contributed by atoms with Crippen LogP contribution in [0, 0.1) is 74.4 Å². The maximum absolute atomic E-state index is 15.1. The van der Waals surface area contributed by atoms with Crippen LogP contribution in [0.4, 0.5) is 22.0 Å². The van der Waals surface area contributed by atoms with Gasteiger partial charge in [-0.3, -0.25) is 66.4 Å². The number of hydrogen-bond donors (Lipinski definition) is 2. The van der Waals surface area contributed by atoms with E-state index in [2.05, 4.69) is 29.9 Å². The second kappa shape index (κ2) is 38.3. The average Bonchev–Trinajstić information content (AvgIpc) is 1.61. The van der Waals surface area contributed by atoms with Gasteiger partial charge in [0.1, 0.15) is 53.7 Å². The Labute approximate surface area is 779 Å². The Morgan fingerprint density at radius 3 is 1.10 bits per heavy atom. The average molecular weight is 1880 g/mol. The molecule has 137 heavy (non-hydrogen) atoms. The molecule has 0 saturated heterocycles. The predicted octanol–water partition coefficient (Wildman–Crippen LogP) is 16.0.